The first kappa shape index (κ1) is 18.6. The van der Waals surface area contributed by atoms with Crippen LogP contribution in [0.5, 0.6) is 0 Å². The van der Waals surface area contributed by atoms with Gasteiger partial charge in [0, 0.05) is 25.0 Å². The lowest BCUT2D eigenvalue weighted by molar-refractivity contribution is -0.143. The summed E-state index contributed by atoms with van der Waals surface area (Å²) in [4.78, 5) is 13.4. The van der Waals surface area contributed by atoms with Crippen molar-refractivity contribution in [1.29, 1.82) is 0 Å². The molecule has 23 heavy (non-hydrogen) atoms. The third-order valence-electron chi connectivity index (χ3n) is 5.57. The molecular weight excluding hydrogens is 303 g/mol. The molecule has 1 amide bonds. The summed E-state index contributed by atoms with van der Waals surface area (Å²) < 4.78 is 14.0. The molecule has 7 heteroatoms. The Kier molecular flexibility index (Phi) is 6.36. The number of hydrogen-bond donors (Lipinski definition) is 4. The zero-order chi connectivity index (χ0) is 17.1. The monoisotopic (exact) mass is 332 g/mol. The second kappa shape index (κ2) is 7.88. The maximum atomic E-state index is 14.0. The molecule has 1 saturated heterocycles. The molecule has 1 saturated carbocycles. The zero-order valence-corrected chi connectivity index (χ0v) is 13.6. The minimum Gasteiger partial charge on any atom is -0.393 e. The molecule has 0 radical (unpaired) electrons. The van der Waals surface area contributed by atoms with Crippen LogP contribution in [0, 0.1) is 17.8 Å². The molecule has 2 aliphatic rings. The highest BCUT2D eigenvalue weighted by molar-refractivity contribution is 5.80. The minimum atomic E-state index is -1.37. The van der Waals surface area contributed by atoms with Gasteiger partial charge in [0.1, 0.15) is 6.17 Å². The Balaban J connectivity index is 1.88. The minimum absolute atomic E-state index is 0.130. The lowest BCUT2D eigenvalue weighted by Crippen LogP contribution is -2.52. The SMILES string of the molecule is CC1CC(O)C([C@H](N)C2CCN(C(=O)[C@H](O)CO)CC2)CC1F. The quantitative estimate of drug-likeness (QED) is 0.563. The molecule has 6 nitrogen and oxygen atoms in total. The highest BCUT2D eigenvalue weighted by atomic mass is 19.1. The van der Waals surface area contributed by atoms with Crippen LogP contribution < -0.4 is 5.73 Å². The second-order valence-electron chi connectivity index (χ2n) is 7.13. The average Bonchev–Trinajstić information content (AvgIpc) is 2.56. The number of nitrogens with zero attached hydrogens (tertiary/aromatic N) is 1. The van der Waals surface area contributed by atoms with E-state index in [1.165, 1.54) is 4.90 Å². The van der Waals surface area contributed by atoms with Gasteiger partial charge in [-0.1, -0.05) is 6.92 Å². The van der Waals surface area contributed by atoms with E-state index in [0.717, 1.165) is 0 Å². The molecule has 2 rings (SSSR count). The first-order valence-corrected chi connectivity index (χ1v) is 8.50. The third-order valence-corrected chi connectivity index (χ3v) is 5.57. The number of aliphatic hydroxyl groups excluding tert-OH is 3. The van der Waals surface area contributed by atoms with Gasteiger partial charge in [0.25, 0.3) is 5.91 Å². The lowest BCUT2D eigenvalue weighted by Gasteiger charge is -2.42. The van der Waals surface area contributed by atoms with Crippen LogP contribution in [0.15, 0.2) is 0 Å². The standard InChI is InChI=1S/C16H29FN2O4/c1-9-6-13(21)11(7-12(9)17)15(18)10-2-4-19(5-3-10)16(23)14(22)8-20/h9-15,20-22H,2-8,18H2,1H3/t9?,11?,12?,13?,14-,15-/m1/s1. The van der Waals surface area contributed by atoms with Crippen LogP contribution in [0.25, 0.3) is 0 Å². The molecule has 1 aliphatic heterocycles. The first-order valence-electron chi connectivity index (χ1n) is 8.50. The number of halogens is 1. The number of piperidine rings is 1. The number of alkyl halides is 1. The molecule has 2 fully saturated rings. The van der Waals surface area contributed by atoms with Gasteiger partial charge in [0.05, 0.1) is 12.7 Å². The topological polar surface area (TPSA) is 107 Å². The van der Waals surface area contributed by atoms with E-state index in [2.05, 4.69) is 0 Å². The second-order valence-corrected chi connectivity index (χ2v) is 7.13. The summed E-state index contributed by atoms with van der Waals surface area (Å²) in [5.74, 6) is -0.704. The molecule has 4 unspecified atom stereocenters. The van der Waals surface area contributed by atoms with Crippen LogP contribution in [0.4, 0.5) is 4.39 Å². The van der Waals surface area contributed by atoms with E-state index in [-0.39, 0.29) is 23.8 Å². The number of carbonyl (C=O) groups excluding carboxylic acids is 1. The van der Waals surface area contributed by atoms with E-state index >= 15 is 0 Å². The van der Waals surface area contributed by atoms with Crippen molar-refractivity contribution >= 4 is 5.91 Å². The van der Waals surface area contributed by atoms with Crippen LogP contribution in [-0.4, -0.2) is 70.2 Å². The highest BCUT2D eigenvalue weighted by Gasteiger charge is 2.40. The maximum absolute atomic E-state index is 14.0. The van der Waals surface area contributed by atoms with Gasteiger partial charge in [-0.25, -0.2) is 4.39 Å². The van der Waals surface area contributed by atoms with Gasteiger partial charge in [-0.05, 0) is 37.5 Å². The number of nitrogens with two attached hydrogens (primary N) is 1. The predicted octanol–water partition coefficient (Wildman–Crippen LogP) is -0.349. The molecule has 0 aromatic carbocycles. The molecule has 1 heterocycles. The summed E-state index contributed by atoms with van der Waals surface area (Å²) in [5.41, 5.74) is 6.31. The van der Waals surface area contributed by atoms with Crippen molar-refractivity contribution < 1.29 is 24.5 Å². The fraction of sp³-hybridized carbons (Fsp3) is 0.938. The molecule has 134 valence electrons. The molecule has 6 atom stereocenters. The molecule has 5 N–H and O–H groups in total. The van der Waals surface area contributed by atoms with Gasteiger partial charge in [0.15, 0.2) is 6.10 Å². The van der Waals surface area contributed by atoms with Crippen LogP contribution in [0.2, 0.25) is 0 Å². The smallest absolute Gasteiger partial charge is 0.253 e. The van der Waals surface area contributed by atoms with Crippen molar-refractivity contribution in [2.45, 2.75) is 57.0 Å². The van der Waals surface area contributed by atoms with Crippen LogP contribution in [-0.2, 0) is 4.79 Å². The van der Waals surface area contributed by atoms with Crippen molar-refractivity contribution in [3.8, 4) is 0 Å². The fourth-order valence-corrected chi connectivity index (χ4v) is 3.91. The number of carbonyl (C=O) groups is 1. The molecule has 1 aliphatic carbocycles. The van der Waals surface area contributed by atoms with E-state index in [1.807, 2.05) is 6.92 Å². The largest absolute Gasteiger partial charge is 0.393 e. The first-order chi connectivity index (χ1) is 10.8. The summed E-state index contributed by atoms with van der Waals surface area (Å²) in [6, 6.07) is -0.282. The Labute approximate surface area is 136 Å². The Morgan fingerprint density at radius 2 is 1.96 bits per heavy atom. The summed E-state index contributed by atoms with van der Waals surface area (Å²) in [6.45, 7) is 2.16. The summed E-state index contributed by atoms with van der Waals surface area (Å²) in [5, 5.41) is 28.5. The predicted molar refractivity (Wildman–Crippen MR) is 83.2 cm³/mol. The van der Waals surface area contributed by atoms with Crippen molar-refractivity contribution in [3.05, 3.63) is 0 Å². The zero-order valence-electron chi connectivity index (χ0n) is 13.6. The van der Waals surface area contributed by atoms with Gasteiger partial charge in [-0.2, -0.15) is 0 Å². The molecule has 0 aromatic heterocycles. The highest BCUT2D eigenvalue weighted by Crippen LogP contribution is 2.36. The van der Waals surface area contributed by atoms with E-state index in [0.29, 0.717) is 38.8 Å². The van der Waals surface area contributed by atoms with Crippen molar-refractivity contribution in [1.82, 2.24) is 4.90 Å². The summed E-state index contributed by atoms with van der Waals surface area (Å²) >= 11 is 0. The molecule has 0 bridgehead atoms. The van der Waals surface area contributed by atoms with E-state index in [4.69, 9.17) is 10.8 Å². The van der Waals surface area contributed by atoms with E-state index < -0.39 is 30.9 Å². The van der Waals surface area contributed by atoms with Crippen molar-refractivity contribution in [2.75, 3.05) is 19.7 Å². The summed E-state index contributed by atoms with van der Waals surface area (Å²) in [6.07, 6.45) is -0.777. The van der Waals surface area contributed by atoms with Crippen LogP contribution in [0.1, 0.15) is 32.6 Å². The summed E-state index contributed by atoms with van der Waals surface area (Å²) in [7, 11) is 0. The number of amides is 1. The molecule has 0 aromatic rings. The van der Waals surface area contributed by atoms with Crippen LogP contribution >= 0.6 is 0 Å². The van der Waals surface area contributed by atoms with Gasteiger partial charge >= 0.3 is 0 Å². The molecular formula is C16H29FN2O4. The Hall–Kier alpha value is -0.760. The Morgan fingerprint density at radius 1 is 1.35 bits per heavy atom. The van der Waals surface area contributed by atoms with Gasteiger partial charge in [0.2, 0.25) is 0 Å². The normalized spacial score (nSPS) is 35.8. The maximum Gasteiger partial charge on any atom is 0.253 e. The van der Waals surface area contributed by atoms with Gasteiger partial charge < -0.3 is 26.0 Å². The molecule has 0 spiro atoms. The van der Waals surface area contributed by atoms with Gasteiger partial charge in [-0.3, -0.25) is 4.79 Å². The van der Waals surface area contributed by atoms with Gasteiger partial charge in [-0.15, -0.1) is 0 Å². The number of rotatable bonds is 4. The fourth-order valence-electron chi connectivity index (χ4n) is 3.91. The van der Waals surface area contributed by atoms with Crippen molar-refractivity contribution in [3.63, 3.8) is 0 Å². The Bertz CT molecular complexity index is 404. The van der Waals surface area contributed by atoms with Crippen LogP contribution in [0.3, 0.4) is 0 Å². The Morgan fingerprint density at radius 3 is 2.52 bits per heavy atom. The number of hydrogen-bond acceptors (Lipinski definition) is 5. The average molecular weight is 332 g/mol. The lowest BCUT2D eigenvalue weighted by atomic mass is 9.71. The third kappa shape index (κ3) is 4.21. The van der Waals surface area contributed by atoms with E-state index in [1.54, 1.807) is 0 Å². The number of aliphatic hydroxyl groups is 3. The van der Waals surface area contributed by atoms with Crippen molar-refractivity contribution in [2.24, 2.45) is 23.5 Å². The number of likely N-dealkylation sites (tertiary alicyclic amines) is 1. The van der Waals surface area contributed by atoms with E-state index in [9.17, 15) is 19.4 Å².